The minimum atomic E-state index is -1.06. The van der Waals surface area contributed by atoms with Crippen LogP contribution in [0.3, 0.4) is 0 Å². The third kappa shape index (κ3) is 13.0. The maximum Gasteiger partial charge on any atom is 0.320 e. The zero-order valence-electron chi connectivity index (χ0n) is 16.0. The van der Waals surface area contributed by atoms with Crippen LogP contribution in [0.1, 0.15) is 51.4 Å². The number of aliphatic imine (C=N–C) groups is 1. The molecule has 0 radical (unpaired) electrons. The van der Waals surface area contributed by atoms with Crippen molar-refractivity contribution in [1.29, 1.82) is 0 Å². The summed E-state index contributed by atoms with van der Waals surface area (Å²) in [5.41, 5.74) is 17.3. The van der Waals surface area contributed by atoms with Crippen LogP contribution in [0.25, 0.3) is 0 Å². The molecule has 28 heavy (non-hydrogen) atoms. The number of allylic oxidation sites excluding steroid dienone is 1. The van der Waals surface area contributed by atoms with Gasteiger partial charge < -0.3 is 32.5 Å². The molecule has 0 rings (SSSR count). The predicted molar refractivity (Wildman–Crippen MR) is 105 cm³/mol. The molecule has 2 unspecified atom stereocenters. The summed E-state index contributed by atoms with van der Waals surface area (Å²) in [6.45, 7) is 0.377. The quantitative estimate of drug-likeness (QED) is 0.120. The lowest BCUT2D eigenvalue weighted by molar-refractivity contribution is -0.139. The summed E-state index contributed by atoms with van der Waals surface area (Å²) in [4.78, 5) is 36.5. The summed E-state index contributed by atoms with van der Waals surface area (Å²) in [5, 5.41) is 26.4. The van der Waals surface area contributed by atoms with Crippen molar-refractivity contribution in [3.8, 4) is 0 Å². The van der Waals surface area contributed by atoms with E-state index in [1.165, 1.54) is 0 Å². The second kappa shape index (κ2) is 14.7. The number of nitrogens with two attached hydrogens (primary N) is 3. The molecule has 10 nitrogen and oxygen atoms in total. The number of hydrogen-bond acceptors (Lipinski definition) is 7. The van der Waals surface area contributed by atoms with Crippen molar-refractivity contribution >= 4 is 24.1 Å². The summed E-state index contributed by atoms with van der Waals surface area (Å²) in [6.07, 6.45) is 7.48. The number of rotatable bonds is 16. The number of hydrogen-bond donors (Lipinski definition) is 6. The highest BCUT2D eigenvalue weighted by Gasteiger charge is 2.13. The fraction of sp³-hybridized carbons (Fsp3) is 0.667. The molecular formula is C18H32N4O6. The summed E-state index contributed by atoms with van der Waals surface area (Å²) < 4.78 is 0. The van der Waals surface area contributed by atoms with Gasteiger partial charge in [0.25, 0.3) is 0 Å². The van der Waals surface area contributed by atoms with Crippen LogP contribution in [0.5, 0.6) is 0 Å². The summed E-state index contributed by atoms with van der Waals surface area (Å²) in [7, 11) is 0. The van der Waals surface area contributed by atoms with Gasteiger partial charge in [-0.05, 0) is 57.6 Å². The summed E-state index contributed by atoms with van der Waals surface area (Å²) >= 11 is 0. The number of carboxylic acids is 3. The number of aliphatic carboxylic acids is 3. The Balaban J connectivity index is 4.48. The standard InChI is InChI=1S/C18H32N4O6/c19-13(16(23)24)6-2-1-5-12(8-9-15(21)18(27)28)11-22-10-4-3-7-14(20)17(25)26/h5,10,13-15H,1-4,6-9,11,19-21H2,(H,23,24)(H,25,26)(H,27,28)/b12-5+,22-10?/t13?,14-,15?/m0/s1. The molecule has 0 aromatic rings. The first kappa shape index (κ1) is 25.7. The lowest BCUT2D eigenvalue weighted by Crippen LogP contribution is -2.30. The Morgan fingerprint density at radius 2 is 1.25 bits per heavy atom. The number of unbranched alkanes of at least 4 members (excludes halogenated alkanes) is 2. The van der Waals surface area contributed by atoms with Crippen molar-refractivity contribution in [3.63, 3.8) is 0 Å². The van der Waals surface area contributed by atoms with E-state index in [9.17, 15) is 14.4 Å². The molecule has 0 amide bonds. The molecule has 0 bridgehead atoms. The first-order valence-corrected chi connectivity index (χ1v) is 9.26. The molecule has 160 valence electrons. The fourth-order valence-electron chi connectivity index (χ4n) is 2.30. The fourth-order valence-corrected chi connectivity index (χ4v) is 2.30. The topological polar surface area (TPSA) is 202 Å². The molecule has 0 spiro atoms. The van der Waals surface area contributed by atoms with Crippen LogP contribution in [0.2, 0.25) is 0 Å². The molecule has 10 heteroatoms. The first-order chi connectivity index (χ1) is 13.1. The van der Waals surface area contributed by atoms with Gasteiger partial charge in [-0.25, -0.2) is 0 Å². The highest BCUT2D eigenvalue weighted by Crippen LogP contribution is 2.11. The second-order valence-electron chi connectivity index (χ2n) is 6.62. The SMILES string of the molecule is NC(CCC/C=C(\CCC(N)C(=O)O)CN=CCCC[C@H](N)C(=O)O)C(=O)O. The van der Waals surface area contributed by atoms with Gasteiger partial charge >= 0.3 is 17.9 Å². The Morgan fingerprint density at radius 3 is 1.75 bits per heavy atom. The highest BCUT2D eigenvalue weighted by molar-refractivity contribution is 5.73. The molecule has 0 aliphatic heterocycles. The van der Waals surface area contributed by atoms with Gasteiger partial charge in [-0.15, -0.1) is 0 Å². The zero-order chi connectivity index (χ0) is 21.5. The second-order valence-corrected chi connectivity index (χ2v) is 6.62. The number of carboxylic acid groups (broad SMARTS) is 3. The van der Waals surface area contributed by atoms with Crippen LogP contribution >= 0.6 is 0 Å². The van der Waals surface area contributed by atoms with Gasteiger partial charge in [0, 0.05) is 0 Å². The average molecular weight is 400 g/mol. The average Bonchev–Trinajstić information content (AvgIpc) is 2.63. The van der Waals surface area contributed by atoms with E-state index in [0.717, 1.165) is 5.57 Å². The van der Waals surface area contributed by atoms with E-state index in [1.807, 2.05) is 6.08 Å². The molecular weight excluding hydrogens is 368 g/mol. The van der Waals surface area contributed by atoms with E-state index in [2.05, 4.69) is 4.99 Å². The molecule has 0 aromatic heterocycles. The van der Waals surface area contributed by atoms with E-state index in [4.69, 9.17) is 32.5 Å². The van der Waals surface area contributed by atoms with Crippen molar-refractivity contribution in [2.75, 3.05) is 6.54 Å². The van der Waals surface area contributed by atoms with Gasteiger partial charge in [-0.1, -0.05) is 11.6 Å². The number of nitrogens with zero attached hydrogens (tertiary/aromatic N) is 1. The molecule has 9 N–H and O–H groups in total. The Labute approximate surface area is 164 Å². The molecule has 0 fully saturated rings. The Bertz CT molecular complexity index is 564. The largest absolute Gasteiger partial charge is 0.480 e. The maximum absolute atomic E-state index is 10.9. The van der Waals surface area contributed by atoms with Crippen molar-refractivity contribution in [2.45, 2.75) is 69.5 Å². The van der Waals surface area contributed by atoms with Gasteiger partial charge in [-0.3, -0.25) is 19.4 Å². The third-order valence-electron chi connectivity index (χ3n) is 4.15. The number of carbonyl (C=O) groups is 3. The van der Waals surface area contributed by atoms with E-state index in [1.54, 1.807) is 6.21 Å². The van der Waals surface area contributed by atoms with Gasteiger partial charge in [0.05, 0.1) is 6.54 Å². The van der Waals surface area contributed by atoms with Crippen LogP contribution in [-0.4, -0.2) is 64.1 Å². The summed E-state index contributed by atoms with van der Waals surface area (Å²) in [6, 6.07) is -2.73. The molecule has 0 heterocycles. The molecule has 0 saturated heterocycles. The van der Waals surface area contributed by atoms with E-state index in [-0.39, 0.29) is 6.42 Å². The van der Waals surface area contributed by atoms with Gasteiger partial charge in [0.2, 0.25) is 0 Å². The minimum Gasteiger partial charge on any atom is -0.480 e. The van der Waals surface area contributed by atoms with Gasteiger partial charge in [0.1, 0.15) is 18.1 Å². The van der Waals surface area contributed by atoms with Crippen molar-refractivity contribution in [3.05, 3.63) is 11.6 Å². The van der Waals surface area contributed by atoms with E-state index in [0.29, 0.717) is 51.5 Å². The highest BCUT2D eigenvalue weighted by atomic mass is 16.4. The maximum atomic E-state index is 10.9. The predicted octanol–water partition coefficient (Wildman–Crippen LogP) is 0.340. The van der Waals surface area contributed by atoms with Crippen molar-refractivity contribution in [1.82, 2.24) is 0 Å². The molecule has 0 aliphatic rings. The first-order valence-electron chi connectivity index (χ1n) is 9.26. The van der Waals surface area contributed by atoms with E-state index >= 15 is 0 Å². The van der Waals surface area contributed by atoms with Gasteiger partial charge in [-0.2, -0.15) is 0 Å². The van der Waals surface area contributed by atoms with Crippen LogP contribution in [-0.2, 0) is 14.4 Å². The minimum absolute atomic E-state index is 0.277. The molecule has 0 saturated carbocycles. The van der Waals surface area contributed by atoms with Crippen molar-refractivity contribution < 1.29 is 29.7 Å². The lowest BCUT2D eigenvalue weighted by Gasteiger charge is -2.09. The molecule has 0 aromatic carbocycles. The van der Waals surface area contributed by atoms with Crippen LogP contribution in [0.4, 0.5) is 0 Å². The Morgan fingerprint density at radius 1 is 0.786 bits per heavy atom. The Hall–Kier alpha value is -2.30. The van der Waals surface area contributed by atoms with Crippen molar-refractivity contribution in [2.24, 2.45) is 22.2 Å². The normalized spacial score (nSPS) is 15.3. The third-order valence-corrected chi connectivity index (χ3v) is 4.15. The smallest absolute Gasteiger partial charge is 0.320 e. The summed E-state index contributed by atoms with van der Waals surface area (Å²) in [5.74, 6) is -3.13. The lowest BCUT2D eigenvalue weighted by atomic mass is 10.0. The molecule has 3 atom stereocenters. The van der Waals surface area contributed by atoms with Crippen LogP contribution in [0, 0.1) is 0 Å². The molecule has 0 aliphatic carbocycles. The zero-order valence-corrected chi connectivity index (χ0v) is 16.0. The van der Waals surface area contributed by atoms with Crippen LogP contribution < -0.4 is 17.2 Å². The Kier molecular flexibility index (Phi) is 13.5. The van der Waals surface area contributed by atoms with E-state index < -0.39 is 36.0 Å². The van der Waals surface area contributed by atoms with Crippen LogP contribution in [0.15, 0.2) is 16.6 Å². The van der Waals surface area contributed by atoms with Gasteiger partial charge in [0.15, 0.2) is 0 Å². The monoisotopic (exact) mass is 400 g/mol.